The van der Waals surface area contributed by atoms with Gasteiger partial charge in [0.15, 0.2) is 5.82 Å². The summed E-state index contributed by atoms with van der Waals surface area (Å²) in [6, 6.07) is 9.15. The molecule has 0 radical (unpaired) electrons. The van der Waals surface area contributed by atoms with Crippen LogP contribution < -0.4 is 10.1 Å². The number of tetrazole rings is 1. The van der Waals surface area contributed by atoms with E-state index in [0.717, 1.165) is 18.0 Å². The van der Waals surface area contributed by atoms with E-state index in [1.165, 1.54) is 18.4 Å². The summed E-state index contributed by atoms with van der Waals surface area (Å²) in [5.74, 6) is 2.37. The highest BCUT2D eigenvalue weighted by Gasteiger charge is 2.30. The van der Waals surface area contributed by atoms with Gasteiger partial charge in [-0.3, -0.25) is 0 Å². The number of hydrogen-bond donors (Lipinski definition) is 1. The molecule has 1 saturated carbocycles. The van der Waals surface area contributed by atoms with E-state index in [2.05, 4.69) is 53.7 Å². The van der Waals surface area contributed by atoms with Crippen LogP contribution in [0.3, 0.4) is 0 Å². The predicted octanol–water partition coefficient (Wildman–Crippen LogP) is 2.93. The van der Waals surface area contributed by atoms with Crippen LogP contribution in [-0.2, 0) is 6.42 Å². The zero-order valence-corrected chi connectivity index (χ0v) is 14.9. The Labute approximate surface area is 143 Å². The van der Waals surface area contributed by atoms with E-state index in [4.69, 9.17) is 4.74 Å². The van der Waals surface area contributed by atoms with E-state index in [1.807, 2.05) is 16.8 Å². The van der Waals surface area contributed by atoms with Gasteiger partial charge in [-0.25, -0.2) is 4.68 Å². The molecule has 0 spiro atoms. The van der Waals surface area contributed by atoms with Crippen molar-refractivity contribution in [1.29, 1.82) is 0 Å². The third kappa shape index (κ3) is 3.75. The average Bonchev–Trinajstić information content (AvgIpc) is 3.31. The Balaban J connectivity index is 1.72. The smallest absolute Gasteiger partial charge is 0.168 e. The van der Waals surface area contributed by atoms with Crippen LogP contribution in [0, 0.1) is 5.92 Å². The highest BCUT2D eigenvalue weighted by Crippen LogP contribution is 2.35. The van der Waals surface area contributed by atoms with Crippen LogP contribution in [0.4, 0.5) is 0 Å². The van der Waals surface area contributed by atoms with Gasteiger partial charge < -0.3 is 10.1 Å². The summed E-state index contributed by atoms with van der Waals surface area (Å²) in [4.78, 5) is 0. The van der Waals surface area contributed by atoms with Gasteiger partial charge in [-0.1, -0.05) is 32.0 Å². The van der Waals surface area contributed by atoms with Crippen molar-refractivity contribution < 1.29 is 4.74 Å². The number of hydrogen-bond acceptors (Lipinski definition) is 5. The maximum atomic E-state index is 5.50. The van der Waals surface area contributed by atoms with E-state index in [1.54, 1.807) is 7.11 Å². The minimum atomic E-state index is 0.114. The number of methoxy groups -OCH3 is 1. The number of nitrogens with one attached hydrogen (secondary N) is 1. The van der Waals surface area contributed by atoms with Crippen LogP contribution in [0.5, 0.6) is 5.75 Å². The zero-order chi connectivity index (χ0) is 17.1. The summed E-state index contributed by atoms with van der Waals surface area (Å²) in [6.45, 7) is 6.62. The normalized spacial score (nSPS) is 17.0. The zero-order valence-electron chi connectivity index (χ0n) is 14.9. The van der Waals surface area contributed by atoms with Gasteiger partial charge in [-0.2, -0.15) is 0 Å². The van der Waals surface area contributed by atoms with Crippen molar-refractivity contribution in [2.24, 2.45) is 5.92 Å². The monoisotopic (exact) mass is 329 g/mol. The molecule has 0 aliphatic heterocycles. The van der Waals surface area contributed by atoms with Gasteiger partial charge in [-0.15, -0.1) is 5.10 Å². The first kappa shape index (κ1) is 16.9. The molecule has 6 heteroatoms. The molecule has 0 bridgehead atoms. The van der Waals surface area contributed by atoms with E-state index >= 15 is 0 Å². The van der Waals surface area contributed by atoms with Gasteiger partial charge in [0.25, 0.3) is 0 Å². The lowest BCUT2D eigenvalue weighted by molar-refractivity contribution is 0.341. The molecule has 2 unspecified atom stereocenters. The van der Waals surface area contributed by atoms with Gasteiger partial charge in [0.2, 0.25) is 0 Å². The second-order valence-corrected chi connectivity index (χ2v) is 6.97. The molecule has 1 N–H and O–H groups in total. The summed E-state index contributed by atoms with van der Waals surface area (Å²) in [6.07, 6.45) is 3.27. The fourth-order valence-corrected chi connectivity index (χ4v) is 3.06. The number of rotatable bonds is 8. The fourth-order valence-electron chi connectivity index (χ4n) is 3.06. The van der Waals surface area contributed by atoms with Crippen LogP contribution >= 0.6 is 0 Å². The minimum absolute atomic E-state index is 0.114. The lowest BCUT2D eigenvalue weighted by atomic mass is 9.95. The molecule has 2 aromatic rings. The van der Waals surface area contributed by atoms with E-state index < -0.39 is 0 Å². The molecule has 3 rings (SSSR count). The van der Waals surface area contributed by atoms with Gasteiger partial charge >= 0.3 is 0 Å². The van der Waals surface area contributed by atoms with E-state index in [9.17, 15) is 0 Å². The molecule has 0 saturated heterocycles. The van der Waals surface area contributed by atoms with Crippen molar-refractivity contribution in [3.8, 4) is 5.75 Å². The molecule has 1 fully saturated rings. The molecule has 24 heavy (non-hydrogen) atoms. The maximum Gasteiger partial charge on any atom is 0.168 e. The number of benzene rings is 1. The molecule has 1 aliphatic carbocycles. The number of para-hydroxylation sites is 1. The topological polar surface area (TPSA) is 64.9 Å². The Morgan fingerprint density at radius 2 is 2.00 bits per heavy atom. The van der Waals surface area contributed by atoms with Crippen LogP contribution in [0.1, 0.15) is 57.1 Å². The predicted molar refractivity (Wildman–Crippen MR) is 93.0 cm³/mol. The van der Waals surface area contributed by atoms with Crippen molar-refractivity contribution in [2.45, 2.75) is 58.2 Å². The summed E-state index contributed by atoms with van der Waals surface area (Å²) in [5, 5.41) is 16.0. The first-order valence-corrected chi connectivity index (χ1v) is 8.75. The summed E-state index contributed by atoms with van der Waals surface area (Å²) < 4.78 is 7.48. The Bertz CT molecular complexity index is 665. The van der Waals surface area contributed by atoms with Crippen LogP contribution in [0.15, 0.2) is 24.3 Å². The Morgan fingerprint density at radius 3 is 2.67 bits per heavy atom. The second kappa shape index (κ2) is 7.30. The van der Waals surface area contributed by atoms with Crippen LogP contribution in [0.2, 0.25) is 0 Å². The number of aromatic nitrogens is 4. The van der Waals surface area contributed by atoms with Crippen molar-refractivity contribution in [3.63, 3.8) is 0 Å². The molecule has 6 nitrogen and oxygen atoms in total. The van der Waals surface area contributed by atoms with Crippen LogP contribution in [-0.4, -0.2) is 33.4 Å². The highest BCUT2D eigenvalue weighted by atomic mass is 16.5. The van der Waals surface area contributed by atoms with E-state index in [0.29, 0.717) is 18.0 Å². The molecule has 1 heterocycles. The van der Waals surface area contributed by atoms with Crippen molar-refractivity contribution >= 4 is 0 Å². The number of nitrogens with zero attached hydrogens (tertiary/aromatic N) is 4. The highest BCUT2D eigenvalue weighted by molar-refractivity contribution is 5.34. The van der Waals surface area contributed by atoms with Gasteiger partial charge in [0.05, 0.1) is 19.2 Å². The summed E-state index contributed by atoms with van der Waals surface area (Å²) in [7, 11) is 1.73. The first-order chi connectivity index (χ1) is 11.6. The SMILES string of the molecule is COc1ccccc1CC(NC(C)c1nnnn1C1CC1)C(C)C. The van der Waals surface area contributed by atoms with Crippen molar-refractivity contribution in [3.05, 3.63) is 35.7 Å². The quantitative estimate of drug-likeness (QED) is 0.806. The Morgan fingerprint density at radius 1 is 1.25 bits per heavy atom. The summed E-state index contributed by atoms with van der Waals surface area (Å²) >= 11 is 0. The van der Waals surface area contributed by atoms with Gasteiger partial charge in [0.1, 0.15) is 5.75 Å². The summed E-state index contributed by atoms with van der Waals surface area (Å²) in [5.41, 5.74) is 1.22. The number of ether oxygens (including phenoxy) is 1. The molecule has 1 aromatic carbocycles. The average molecular weight is 329 g/mol. The molecule has 1 aliphatic rings. The fraction of sp³-hybridized carbons (Fsp3) is 0.611. The molecule has 1 aromatic heterocycles. The maximum absolute atomic E-state index is 5.50. The Hall–Kier alpha value is -1.95. The van der Waals surface area contributed by atoms with Crippen molar-refractivity contribution in [1.82, 2.24) is 25.5 Å². The standard InChI is InChI=1S/C18H27N5O/c1-12(2)16(11-14-7-5-6-8-17(14)24-4)19-13(3)18-20-21-22-23(18)15-9-10-15/h5-8,12-13,15-16,19H,9-11H2,1-4H3. The molecule has 130 valence electrons. The Kier molecular flexibility index (Phi) is 5.14. The molecule has 2 atom stereocenters. The molecular formula is C18H27N5O. The van der Waals surface area contributed by atoms with E-state index in [-0.39, 0.29) is 6.04 Å². The molecular weight excluding hydrogens is 302 g/mol. The lowest BCUT2D eigenvalue weighted by Gasteiger charge is -2.26. The van der Waals surface area contributed by atoms with Crippen molar-refractivity contribution in [2.75, 3.05) is 7.11 Å². The van der Waals surface area contributed by atoms with Crippen LogP contribution in [0.25, 0.3) is 0 Å². The third-order valence-corrected chi connectivity index (χ3v) is 4.70. The largest absolute Gasteiger partial charge is 0.496 e. The first-order valence-electron chi connectivity index (χ1n) is 8.75. The lowest BCUT2D eigenvalue weighted by Crippen LogP contribution is -2.38. The third-order valence-electron chi connectivity index (χ3n) is 4.70. The van der Waals surface area contributed by atoms with Gasteiger partial charge in [0, 0.05) is 6.04 Å². The second-order valence-electron chi connectivity index (χ2n) is 6.97. The molecule has 0 amide bonds. The van der Waals surface area contributed by atoms with Gasteiger partial charge in [-0.05, 0) is 54.2 Å². The minimum Gasteiger partial charge on any atom is -0.496 e.